The number of amides is 2. The number of carbonyl (C=O) groups excluding carboxylic acids is 3. The second-order valence-electron chi connectivity index (χ2n) is 5.95. The third-order valence-corrected chi connectivity index (χ3v) is 4.55. The maximum atomic E-state index is 12.2. The molecular weight excluding hydrogens is 380 g/mol. The molecule has 0 bridgehead atoms. The van der Waals surface area contributed by atoms with Crippen LogP contribution in [0.1, 0.15) is 15.9 Å². The first-order valence-electron chi connectivity index (χ1n) is 8.44. The van der Waals surface area contributed by atoms with Gasteiger partial charge in [0.25, 0.3) is 11.8 Å². The van der Waals surface area contributed by atoms with Crippen molar-refractivity contribution < 1.29 is 23.9 Å². The molecule has 2 aromatic rings. The summed E-state index contributed by atoms with van der Waals surface area (Å²) >= 11 is 1.65. The Labute approximate surface area is 167 Å². The zero-order chi connectivity index (χ0) is 20.5. The highest BCUT2D eigenvalue weighted by Crippen LogP contribution is 2.16. The molecule has 0 atom stereocenters. The quantitative estimate of drug-likeness (QED) is 0.509. The van der Waals surface area contributed by atoms with Crippen LogP contribution in [-0.4, -0.2) is 49.2 Å². The van der Waals surface area contributed by atoms with Crippen molar-refractivity contribution in [2.24, 2.45) is 5.73 Å². The number of rotatable bonds is 9. The summed E-state index contributed by atoms with van der Waals surface area (Å²) in [5.74, 6) is -1.11. The van der Waals surface area contributed by atoms with E-state index >= 15 is 0 Å². The van der Waals surface area contributed by atoms with Gasteiger partial charge < -0.3 is 20.1 Å². The lowest BCUT2D eigenvalue weighted by Crippen LogP contribution is -2.30. The van der Waals surface area contributed by atoms with Crippen molar-refractivity contribution in [2.75, 3.05) is 26.5 Å². The molecule has 0 aliphatic heterocycles. The number of benzene rings is 2. The number of likely N-dealkylation sites (N-methyl/N-ethyl adjacent to an activating group) is 1. The summed E-state index contributed by atoms with van der Waals surface area (Å²) in [4.78, 5) is 37.6. The molecular formula is C20H22N2O5S. The van der Waals surface area contributed by atoms with E-state index in [1.165, 1.54) is 29.2 Å². The number of carbonyl (C=O) groups is 3. The minimum Gasteiger partial charge on any atom is -0.484 e. The van der Waals surface area contributed by atoms with E-state index in [1.54, 1.807) is 18.8 Å². The molecule has 2 rings (SSSR count). The lowest BCUT2D eigenvalue weighted by Gasteiger charge is -2.17. The van der Waals surface area contributed by atoms with Crippen LogP contribution in [-0.2, 0) is 20.9 Å². The Morgan fingerprint density at radius 1 is 1.00 bits per heavy atom. The minimum atomic E-state index is -0.618. The van der Waals surface area contributed by atoms with E-state index in [-0.39, 0.29) is 24.7 Å². The lowest BCUT2D eigenvalue weighted by atomic mass is 10.2. The predicted octanol–water partition coefficient (Wildman–Crippen LogP) is 2.09. The van der Waals surface area contributed by atoms with E-state index in [9.17, 15) is 14.4 Å². The highest BCUT2D eigenvalue weighted by atomic mass is 32.2. The van der Waals surface area contributed by atoms with Crippen molar-refractivity contribution in [3.63, 3.8) is 0 Å². The smallest absolute Gasteiger partial charge is 0.338 e. The average molecular weight is 402 g/mol. The Bertz CT molecular complexity index is 821. The van der Waals surface area contributed by atoms with Crippen LogP contribution in [0, 0.1) is 0 Å². The maximum absolute atomic E-state index is 12.2. The zero-order valence-corrected chi connectivity index (χ0v) is 16.5. The molecule has 2 amide bonds. The number of hydrogen-bond acceptors (Lipinski definition) is 6. The van der Waals surface area contributed by atoms with Gasteiger partial charge in [0, 0.05) is 18.5 Å². The van der Waals surface area contributed by atoms with Crippen LogP contribution in [0.15, 0.2) is 53.4 Å². The monoisotopic (exact) mass is 402 g/mol. The van der Waals surface area contributed by atoms with Crippen molar-refractivity contribution in [1.82, 2.24) is 4.90 Å². The minimum absolute atomic E-state index is 0.245. The number of primary amides is 1. The molecule has 0 aromatic heterocycles. The first kappa shape index (κ1) is 21.3. The number of hydrogen-bond donors (Lipinski definition) is 1. The fourth-order valence-corrected chi connectivity index (χ4v) is 2.66. The van der Waals surface area contributed by atoms with Gasteiger partial charge in [-0.15, -0.1) is 11.8 Å². The number of nitrogens with zero attached hydrogens (tertiary/aromatic N) is 1. The van der Waals surface area contributed by atoms with E-state index in [0.29, 0.717) is 12.3 Å². The predicted molar refractivity (Wildman–Crippen MR) is 106 cm³/mol. The molecule has 0 saturated heterocycles. The van der Waals surface area contributed by atoms with E-state index in [1.807, 2.05) is 30.5 Å². The topological polar surface area (TPSA) is 98.9 Å². The van der Waals surface area contributed by atoms with Crippen LogP contribution in [0.3, 0.4) is 0 Å². The van der Waals surface area contributed by atoms with Crippen LogP contribution < -0.4 is 10.5 Å². The summed E-state index contributed by atoms with van der Waals surface area (Å²) in [6, 6.07) is 13.9. The summed E-state index contributed by atoms with van der Waals surface area (Å²) < 4.78 is 10.2. The summed E-state index contributed by atoms with van der Waals surface area (Å²) in [7, 11) is 1.66. The molecule has 0 unspecified atom stereocenters. The molecule has 0 aliphatic carbocycles. The third kappa shape index (κ3) is 6.62. The van der Waals surface area contributed by atoms with Gasteiger partial charge in [0.1, 0.15) is 5.75 Å². The molecule has 0 heterocycles. The maximum Gasteiger partial charge on any atom is 0.338 e. The van der Waals surface area contributed by atoms with Gasteiger partial charge in [-0.25, -0.2) is 4.79 Å². The first-order chi connectivity index (χ1) is 13.4. The molecule has 2 N–H and O–H groups in total. The van der Waals surface area contributed by atoms with E-state index in [4.69, 9.17) is 15.2 Å². The Morgan fingerprint density at radius 2 is 1.64 bits per heavy atom. The molecule has 0 radical (unpaired) electrons. The molecule has 148 valence electrons. The second kappa shape index (κ2) is 10.4. The van der Waals surface area contributed by atoms with Crippen molar-refractivity contribution in [3.8, 4) is 5.75 Å². The van der Waals surface area contributed by atoms with Gasteiger partial charge in [-0.1, -0.05) is 12.1 Å². The number of ether oxygens (including phenoxy) is 2. The lowest BCUT2D eigenvalue weighted by molar-refractivity contribution is -0.133. The van der Waals surface area contributed by atoms with E-state index in [2.05, 4.69) is 0 Å². The highest BCUT2D eigenvalue weighted by molar-refractivity contribution is 7.98. The molecule has 2 aromatic carbocycles. The van der Waals surface area contributed by atoms with Crippen molar-refractivity contribution in [1.29, 1.82) is 0 Å². The number of nitrogens with two attached hydrogens (primary N) is 1. The van der Waals surface area contributed by atoms with Gasteiger partial charge in [0.05, 0.1) is 5.56 Å². The van der Waals surface area contributed by atoms with Crippen LogP contribution in [0.25, 0.3) is 0 Å². The Morgan fingerprint density at radius 3 is 2.21 bits per heavy atom. The fraction of sp³-hybridized carbons (Fsp3) is 0.250. The molecule has 7 nitrogen and oxygen atoms in total. The molecule has 28 heavy (non-hydrogen) atoms. The standard InChI is InChI=1S/C20H22N2O5S/c1-22(11-14-3-9-17(28-2)10-4-14)19(24)13-27-20(25)15-5-7-16(8-6-15)26-12-18(21)23/h3-10H,11-13H2,1-2H3,(H2,21,23). The van der Waals surface area contributed by atoms with Gasteiger partial charge >= 0.3 is 5.97 Å². The Kier molecular flexibility index (Phi) is 7.88. The Balaban J connectivity index is 1.81. The van der Waals surface area contributed by atoms with Gasteiger partial charge in [0.2, 0.25) is 0 Å². The summed E-state index contributed by atoms with van der Waals surface area (Å²) in [5.41, 5.74) is 6.26. The van der Waals surface area contributed by atoms with E-state index in [0.717, 1.165) is 10.5 Å². The molecule has 0 fully saturated rings. The largest absolute Gasteiger partial charge is 0.484 e. The number of esters is 1. The molecule has 0 spiro atoms. The summed E-state index contributed by atoms with van der Waals surface area (Å²) in [6.07, 6.45) is 2.00. The normalized spacial score (nSPS) is 10.2. The highest BCUT2D eigenvalue weighted by Gasteiger charge is 2.14. The van der Waals surface area contributed by atoms with Crippen LogP contribution in [0.2, 0.25) is 0 Å². The van der Waals surface area contributed by atoms with Crippen molar-refractivity contribution >= 4 is 29.5 Å². The van der Waals surface area contributed by atoms with Crippen LogP contribution >= 0.6 is 11.8 Å². The summed E-state index contributed by atoms with van der Waals surface area (Å²) in [5, 5.41) is 0. The SMILES string of the molecule is CSc1ccc(CN(C)C(=O)COC(=O)c2ccc(OCC(N)=O)cc2)cc1. The van der Waals surface area contributed by atoms with Gasteiger partial charge in [-0.3, -0.25) is 9.59 Å². The molecule has 0 aliphatic rings. The fourth-order valence-electron chi connectivity index (χ4n) is 2.26. The number of thioether (sulfide) groups is 1. The zero-order valence-electron chi connectivity index (χ0n) is 15.7. The van der Waals surface area contributed by atoms with Gasteiger partial charge in [-0.2, -0.15) is 0 Å². The third-order valence-electron chi connectivity index (χ3n) is 3.80. The van der Waals surface area contributed by atoms with Gasteiger partial charge in [-0.05, 0) is 48.2 Å². The Hall–Kier alpha value is -3.00. The molecule has 8 heteroatoms. The van der Waals surface area contributed by atoms with Crippen LogP contribution in [0.5, 0.6) is 5.75 Å². The van der Waals surface area contributed by atoms with Crippen molar-refractivity contribution in [3.05, 3.63) is 59.7 Å². The van der Waals surface area contributed by atoms with Crippen molar-refractivity contribution in [2.45, 2.75) is 11.4 Å². The van der Waals surface area contributed by atoms with E-state index < -0.39 is 11.9 Å². The molecule has 0 saturated carbocycles. The van der Waals surface area contributed by atoms with Gasteiger partial charge in [0.15, 0.2) is 13.2 Å². The second-order valence-corrected chi connectivity index (χ2v) is 6.83. The van der Waals surface area contributed by atoms with Crippen LogP contribution in [0.4, 0.5) is 0 Å². The first-order valence-corrected chi connectivity index (χ1v) is 9.66. The summed E-state index contributed by atoms with van der Waals surface area (Å²) in [6.45, 7) is -0.167. The average Bonchev–Trinajstić information content (AvgIpc) is 2.71.